The normalized spacial score (nSPS) is 13.9. The molecule has 0 amide bonds. The van der Waals surface area contributed by atoms with E-state index in [4.69, 9.17) is 21.2 Å². The molecular weight excluding hydrogens is 433 g/mol. The fraction of sp³-hybridized carbons (Fsp3) is 1.00. The molecule has 0 radical (unpaired) electrons. The lowest BCUT2D eigenvalue weighted by atomic mass is 10.9. The van der Waals surface area contributed by atoms with E-state index in [-0.39, 0.29) is 0 Å². The van der Waals surface area contributed by atoms with Gasteiger partial charge in [-0.05, 0) is 62.2 Å². The lowest BCUT2D eigenvalue weighted by molar-refractivity contribution is 0.200. The Morgan fingerprint density at radius 1 is 0.345 bits per heavy atom. The van der Waals surface area contributed by atoms with Gasteiger partial charge in [-0.3, -0.25) is 0 Å². The molecule has 0 saturated heterocycles. The zero-order valence-corrected chi connectivity index (χ0v) is 25.1. The van der Waals surface area contributed by atoms with Crippen molar-refractivity contribution in [2.75, 3.05) is 13.2 Å². The summed E-state index contributed by atoms with van der Waals surface area (Å²) in [7, 11) is -9.39. The molecule has 0 atom stereocenters. The summed E-state index contributed by atoms with van der Waals surface area (Å²) in [6.45, 7) is 23.3. The highest BCUT2D eigenvalue weighted by Crippen LogP contribution is 2.36. The molecule has 0 bridgehead atoms. The molecule has 0 N–H and O–H groups in total. The molecule has 0 fully saturated rings. The van der Waals surface area contributed by atoms with E-state index in [1.165, 1.54) is 0 Å². The van der Waals surface area contributed by atoms with Gasteiger partial charge in [-0.25, -0.2) is 0 Å². The van der Waals surface area contributed by atoms with Crippen LogP contribution >= 0.6 is 0 Å². The largest absolute Gasteiger partial charge is 0.415 e. The Labute approximate surface area is 186 Å². The smallest absolute Gasteiger partial charge is 0.328 e. The summed E-state index contributed by atoms with van der Waals surface area (Å²) < 4.78 is 33.8. The summed E-state index contributed by atoms with van der Waals surface area (Å²) in [5.74, 6) is 0. The van der Waals surface area contributed by atoms with Crippen molar-refractivity contribution < 1.29 is 21.2 Å². The van der Waals surface area contributed by atoms with Crippen LogP contribution in [0.3, 0.4) is 0 Å². The molecule has 0 rings (SSSR count). The van der Waals surface area contributed by atoms with Crippen molar-refractivity contribution >= 4 is 34.2 Å². The Morgan fingerprint density at radius 2 is 0.552 bits per heavy atom. The molecule has 0 unspecified atom stereocenters. The lowest BCUT2D eigenvalue weighted by Gasteiger charge is -2.46. The Morgan fingerprint density at radius 3 is 0.724 bits per heavy atom. The third kappa shape index (κ3) is 7.94. The first-order valence-corrected chi connectivity index (χ1v) is 21.0. The van der Waals surface area contributed by atoms with Crippen molar-refractivity contribution in [3.63, 3.8) is 0 Å². The van der Waals surface area contributed by atoms with Crippen LogP contribution in [-0.4, -0.2) is 47.5 Å². The first-order chi connectivity index (χ1) is 13.7. The first kappa shape index (κ1) is 29.7. The minimum absolute atomic E-state index is 0.707. The summed E-state index contributed by atoms with van der Waals surface area (Å²) in [6.07, 6.45) is 0. The van der Waals surface area contributed by atoms with E-state index >= 15 is 0 Å². The van der Waals surface area contributed by atoms with Gasteiger partial charge in [-0.15, -0.1) is 0 Å². The Hall–Kier alpha value is 0.668. The highest BCUT2D eigenvalue weighted by Gasteiger charge is 2.53. The molecule has 0 aromatic heterocycles. The Kier molecular flexibility index (Phi) is 14.3. The number of hydrogen-bond donors (Lipinski definition) is 0. The second kappa shape index (κ2) is 13.9. The van der Waals surface area contributed by atoms with Crippen LogP contribution in [0, 0.1) is 0 Å². The number of hydrogen-bond acceptors (Lipinski definition) is 5. The third-order valence-corrected chi connectivity index (χ3v) is 25.4. The number of rotatable bonds is 18. The molecule has 0 aromatic rings. The maximum atomic E-state index is 7.18. The van der Waals surface area contributed by atoms with Crippen LogP contribution in [0.2, 0.25) is 48.4 Å². The minimum atomic E-state index is -2.44. The van der Waals surface area contributed by atoms with Crippen LogP contribution in [0.25, 0.3) is 0 Å². The van der Waals surface area contributed by atoms with Gasteiger partial charge in [0.2, 0.25) is 0 Å². The fourth-order valence-electron chi connectivity index (χ4n) is 3.92. The van der Waals surface area contributed by atoms with Crippen molar-refractivity contribution in [1.82, 2.24) is 0 Å². The molecule has 0 aromatic carbocycles. The van der Waals surface area contributed by atoms with Gasteiger partial charge in [0.1, 0.15) is 0 Å². The van der Waals surface area contributed by atoms with E-state index in [2.05, 4.69) is 69.2 Å². The predicted molar refractivity (Wildman–Crippen MR) is 133 cm³/mol. The molecule has 0 aliphatic carbocycles. The second-order valence-corrected chi connectivity index (χ2v) is 23.6. The van der Waals surface area contributed by atoms with Crippen molar-refractivity contribution in [1.29, 1.82) is 0 Å². The van der Waals surface area contributed by atoms with Gasteiger partial charge in [0.25, 0.3) is 0 Å². The van der Waals surface area contributed by atoms with E-state index in [9.17, 15) is 0 Å². The summed E-state index contributed by atoms with van der Waals surface area (Å²) >= 11 is 0. The Balaban J connectivity index is 6.02. The van der Waals surface area contributed by atoms with E-state index < -0.39 is 34.2 Å². The molecule has 0 aliphatic rings. The van der Waals surface area contributed by atoms with Crippen molar-refractivity contribution in [3.05, 3.63) is 0 Å². The molecule has 5 nitrogen and oxygen atoms in total. The fourth-order valence-corrected chi connectivity index (χ4v) is 24.4. The molecule has 29 heavy (non-hydrogen) atoms. The summed E-state index contributed by atoms with van der Waals surface area (Å²) in [5, 5.41) is 0. The average Bonchev–Trinajstić information content (AvgIpc) is 2.77. The molecule has 9 heteroatoms. The van der Waals surface area contributed by atoms with Gasteiger partial charge >= 0.3 is 34.2 Å². The first-order valence-electron chi connectivity index (χ1n) is 12.1. The van der Waals surface area contributed by atoms with Crippen LogP contribution in [-0.2, 0) is 21.2 Å². The van der Waals surface area contributed by atoms with Gasteiger partial charge in [0.15, 0.2) is 0 Å². The van der Waals surface area contributed by atoms with Gasteiger partial charge in [0.05, 0.1) is 0 Å². The van der Waals surface area contributed by atoms with E-state index in [1.54, 1.807) is 0 Å². The standard InChI is InChI=1S/C20H50O5Si4/c1-11-21-26(13-3,14-4)23-28(17-7,18-8)25-29(19-9,20-10)24-27(15-5,16-6)22-12-2/h11-20H2,1-10H3. The maximum Gasteiger partial charge on any atom is 0.328 e. The maximum absolute atomic E-state index is 7.18. The Bertz CT molecular complexity index is 385. The zero-order chi connectivity index (χ0) is 22.6. The monoisotopic (exact) mass is 482 g/mol. The zero-order valence-electron chi connectivity index (χ0n) is 21.1. The predicted octanol–water partition coefficient (Wildman–Crippen LogP) is 7.04. The van der Waals surface area contributed by atoms with Gasteiger partial charge < -0.3 is 21.2 Å². The SMILES string of the molecule is CCO[Si](CC)(CC)O[Si](CC)(CC)O[Si](CC)(CC)O[Si](CC)(CC)OCC. The second-order valence-electron chi connectivity index (χ2n) is 7.64. The van der Waals surface area contributed by atoms with Crippen LogP contribution < -0.4 is 0 Å². The van der Waals surface area contributed by atoms with Gasteiger partial charge in [0, 0.05) is 13.2 Å². The van der Waals surface area contributed by atoms with Crippen LogP contribution in [0.5, 0.6) is 0 Å². The van der Waals surface area contributed by atoms with Crippen LogP contribution in [0.15, 0.2) is 0 Å². The highest BCUT2D eigenvalue weighted by molar-refractivity contribution is 6.89. The van der Waals surface area contributed by atoms with Gasteiger partial charge in [-0.1, -0.05) is 55.4 Å². The van der Waals surface area contributed by atoms with Gasteiger partial charge in [-0.2, -0.15) is 0 Å². The molecule has 0 heterocycles. The average molecular weight is 483 g/mol. The van der Waals surface area contributed by atoms with Crippen molar-refractivity contribution in [2.24, 2.45) is 0 Å². The molecule has 0 aliphatic heterocycles. The molecule has 0 saturated carbocycles. The molecule has 176 valence electrons. The molecule has 0 spiro atoms. The lowest BCUT2D eigenvalue weighted by Crippen LogP contribution is -2.63. The van der Waals surface area contributed by atoms with Crippen LogP contribution in [0.1, 0.15) is 69.2 Å². The highest BCUT2D eigenvalue weighted by atomic mass is 28.5. The van der Waals surface area contributed by atoms with Crippen molar-refractivity contribution in [3.8, 4) is 0 Å². The summed E-state index contributed by atoms with van der Waals surface area (Å²) in [6, 6.07) is 7.59. The third-order valence-electron chi connectivity index (χ3n) is 6.24. The summed E-state index contributed by atoms with van der Waals surface area (Å²) in [4.78, 5) is 0. The minimum Gasteiger partial charge on any atom is -0.415 e. The quantitative estimate of drug-likeness (QED) is 0.196. The van der Waals surface area contributed by atoms with E-state index in [1.807, 2.05) is 0 Å². The van der Waals surface area contributed by atoms with E-state index in [0.717, 1.165) is 48.4 Å². The summed E-state index contributed by atoms with van der Waals surface area (Å²) in [5.41, 5.74) is 0. The van der Waals surface area contributed by atoms with Crippen molar-refractivity contribution in [2.45, 2.75) is 118 Å². The van der Waals surface area contributed by atoms with E-state index in [0.29, 0.717) is 13.2 Å². The molecular formula is C20H50O5Si4. The topological polar surface area (TPSA) is 46.2 Å². The van der Waals surface area contributed by atoms with Crippen LogP contribution in [0.4, 0.5) is 0 Å².